The number of hydrogen-bond donors (Lipinski definition) is 1. The predicted molar refractivity (Wildman–Crippen MR) is 139 cm³/mol. The average molecular weight is 495 g/mol. The van der Waals surface area contributed by atoms with Crippen molar-refractivity contribution in [3.63, 3.8) is 0 Å². The van der Waals surface area contributed by atoms with Crippen molar-refractivity contribution in [2.24, 2.45) is 0 Å². The van der Waals surface area contributed by atoms with Gasteiger partial charge in [-0.1, -0.05) is 42.5 Å². The zero-order chi connectivity index (χ0) is 25.3. The van der Waals surface area contributed by atoms with Gasteiger partial charge in [0.2, 0.25) is 5.91 Å². The summed E-state index contributed by atoms with van der Waals surface area (Å²) in [7, 11) is -1.07. The lowest BCUT2D eigenvalue weighted by Gasteiger charge is -2.28. The fraction of sp³-hybridized carbons (Fsp3) is 0.407. The van der Waals surface area contributed by atoms with Gasteiger partial charge in [0.1, 0.15) is 6.04 Å². The van der Waals surface area contributed by atoms with E-state index in [-0.39, 0.29) is 23.5 Å². The van der Waals surface area contributed by atoms with Crippen molar-refractivity contribution in [3.8, 4) is 0 Å². The third-order valence-electron chi connectivity index (χ3n) is 6.89. The number of rotatable bonds is 7. The van der Waals surface area contributed by atoms with Gasteiger partial charge in [-0.05, 0) is 63.9 Å². The molecular formula is C27H34N4O3S. The van der Waals surface area contributed by atoms with Gasteiger partial charge in [0.15, 0.2) is 9.84 Å². The first kappa shape index (κ1) is 25.1. The number of nitrogens with one attached hydrogen (secondary N) is 1. The van der Waals surface area contributed by atoms with E-state index in [9.17, 15) is 13.2 Å². The SMILES string of the molecule is Cc1ccc(C)c(NC(=O)[C@@H](c2ccccc2)N(C)Cc2c(C)nn([C@@H]3CCS(=O)(=O)C3)c2C)c1. The second-order valence-electron chi connectivity index (χ2n) is 9.69. The highest BCUT2D eigenvalue weighted by atomic mass is 32.2. The van der Waals surface area contributed by atoms with E-state index >= 15 is 0 Å². The lowest BCUT2D eigenvalue weighted by molar-refractivity contribution is -0.121. The van der Waals surface area contributed by atoms with Gasteiger partial charge in [-0.2, -0.15) is 5.10 Å². The first-order chi connectivity index (χ1) is 16.6. The largest absolute Gasteiger partial charge is 0.324 e. The van der Waals surface area contributed by atoms with Crippen molar-refractivity contribution in [1.29, 1.82) is 0 Å². The van der Waals surface area contributed by atoms with Crippen LogP contribution in [0.1, 0.15) is 52.1 Å². The number of benzene rings is 2. The summed E-state index contributed by atoms with van der Waals surface area (Å²) in [6.45, 7) is 8.44. The molecule has 8 heteroatoms. The van der Waals surface area contributed by atoms with Crippen LogP contribution >= 0.6 is 0 Å². The first-order valence-corrected chi connectivity index (χ1v) is 13.8. The van der Waals surface area contributed by atoms with Gasteiger partial charge in [-0.3, -0.25) is 14.4 Å². The van der Waals surface area contributed by atoms with Gasteiger partial charge in [0.25, 0.3) is 0 Å². The highest BCUT2D eigenvalue weighted by Gasteiger charge is 2.32. The highest BCUT2D eigenvalue weighted by molar-refractivity contribution is 7.91. The second kappa shape index (κ2) is 9.95. The number of carbonyl (C=O) groups is 1. The van der Waals surface area contributed by atoms with Crippen LogP contribution in [0.2, 0.25) is 0 Å². The summed E-state index contributed by atoms with van der Waals surface area (Å²) in [6, 6.07) is 15.2. The van der Waals surface area contributed by atoms with Crippen LogP contribution in [0, 0.1) is 27.7 Å². The molecule has 1 amide bonds. The van der Waals surface area contributed by atoms with Gasteiger partial charge in [0.05, 0.1) is 23.2 Å². The van der Waals surface area contributed by atoms with Crippen LogP contribution in [-0.2, 0) is 21.2 Å². The predicted octanol–water partition coefficient (Wildman–Crippen LogP) is 4.29. The van der Waals surface area contributed by atoms with E-state index in [0.29, 0.717) is 13.0 Å². The van der Waals surface area contributed by atoms with E-state index in [1.807, 2.05) is 92.9 Å². The number of carbonyl (C=O) groups excluding carboxylic acids is 1. The molecule has 3 aromatic rings. The summed E-state index contributed by atoms with van der Waals surface area (Å²) >= 11 is 0. The fourth-order valence-corrected chi connectivity index (χ4v) is 6.60. The van der Waals surface area contributed by atoms with Gasteiger partial charge >= 0.3 is 0 Å². The molecule has 2 aromatic carbocycles. The lowest BCUT2D eigenvalue weighted by atomic mass is 10.0. The Balaban J connectivity index is 1.62. The highest BCUT2D eigenvalue weighted by Crippen LogP contribution is 2.30. The first-order valence-electron chi connectivity index (χ1n) is 11.9. The quantitative estimate of drug-likeness (QED) is 0.530. The van der Waals surface area contributed by atoms with Crippen molar-refractivity contribution in [2.75, 3.05) is 23.9 Å². The van der Waals surface area contributed by atoms with Gasteiger partial charge in [-0.15, -0.1) is 0 Å². The van der Waals surface area contributed by atoms with Crippen LogP contribution in [0.15, 0.2) is 48.5 Å². The minimum absolute atomic E-state index is 0.100. The Labute approximate surface area is 208 Å². The van der Waals surface area contributed by atoms with Crippen LogP contribution in [-0.4, -0.2) is 47.6 Å². The molecule has 0 aliphatic carbocycles. The Kier molecular flexibility index (Phi) is 7.15. The molecule has 0 radical (unpaired) electrons. The molecule has 1 aromatic heterocycles. The monoisotopic (exact) mass is 494 g/mol. The molecule has 0 unspecified atom stereocenters. The summed E-state index contributed by atoms with van der Waals surface area (Å²) in [5, 5.41) is 7.84. The summed E-state index contributed by atoms with van der Waals surface area (Å²) in [4.78, 5) is 15.7. The molecular weight excluding hydrogens is 460 g/mol. The molecule has 1 N–H and O–H groups in total. The number of aryl methyl sites for hydroxylation is 3. The van der Waals surface area contributed by atoms with Crippen LogP contribution in [0.5, 0.6) is 0 Å². The third-order valence-corrected chi connectivity index (χ3v) is 8.64. The van der Waals surface area contributed by atoms with E-state index in [4.69, 9.17) is 5.10 Å². The molecule has 0 spiro atoms. The molecule has 0 saturated carbocycles. The maximum absolute atomic E-state index is 13.6. The minimum atomic E-state index is -3.01. The number of anilines is 1. The normalized spacial score (nSPS) is 18.1. The molecule has 4 rings (SSSR count). The van der Waals surface area contributed by atoms with Crippen molar-refractivity contribution >= 4 is 21.4 Å². The Bertz CT molecular complexity index is 1330. The number of aromatic nitrogens is 2. The Morgan fingerprint density at radius 1 is 1.14 bits per heavy atom. The number of likely N-dealkylation sites (N-methyl/N-ethyl adjacent to an activating group) is 1. The standard InChI is InChI=1S/C27H34N4O3S/c1-18-11-12-19(2)25(15-18)28-27(32)26(22-9-7-6-8-10-22)30(5)16-24-20(3)29-31(21(24)4)23-13-14-35(33,34)17-23/h6-12,15,23,26H,13-14,16-17H2,1-5H3,(H,28,32)/t23-,26-/m1/s1. The van der Waals surface area contributed by atoms with Crippen LogP contribution in [0.25, 0.3) is 0 Å². The van der Waals surface area contributed by atoms with E-state index in [1.54, 1.807) is 0 Å². The van der Waals surface area contributed by atoms with Crippen LogP contribution in [0.4, 0.5) is 5.69 Å². The number of amides is 1. The summed E-state index contributed by atoms with van der Waals surface area (Å²) in [6.07, 6.45) is 0.588. The molecule has 1 saturated heterocycles. The van der Waals surface area contributed by atoms with E-state index in [1.165, 1.54) is 0 Å². The number of hydrogen-bond acceptors (Lipinski definition) is 5. The van der Waals surface area contributed by atoms with E-state index in [0.717, 1.165) is 39.3 Å². The second-order valence-corrected chi connectivity index (χ2v) is 11.9. The van der Waals surface area contributed by atoms with E-state index in [2.05, 4.69) is 5.32 Å². The summed E-state index contributed by atoms with van der Waals surface area (Å²) in [5.74, 6) is 0.242. The molecule has 7 nitrogen and oxygen atoms in total. The van der Waals surface area contributed by atoms with E-state index < -0.39 is 15.9 Å². The zero-order valence-corrected chi connectivity index (χ0v) is 21.9. The summed E-state index contributed by atoms with van der Waals surface area (Å²) < 4.78 is 25.9. The van der Waals surface area contributed by atoms with Crippen molar-refractivity contribution in [1.82, 2.24) is 14.7 Å². The van der Waals surface area contributed by atoms with Crippen LogP contribution < -0.4 is 5.32 Å². The third kappa shape index (κ3) is 5.49. The number of nitrogens with zero attached hydrogens (tertiary/aromatic N) is 3. The molecule has 2 atom stereocenters. The minimum Gasteiger partial charge on any atom is -0.324 e. The summed E-state index contributed by atoms with van der Waals surface area (Å²) in [5.41, 5.74) is 6.66. The maximum atomic E-state index is 13.6. The topological polar surface area (TPSA) is 84.3 Å². The number of sulfone groups is 1. The molecule has 35 heavy (non-hydrogen) atoms. The zero-order valence-electron chi connectivity index (χ0n) is 21.1. The van der Waals surface area contributed by atoms with Crippen molar-refractivity contribution in [2.45, 2.75) is 52.7 Å². The molecule has 1 fully saturated rings. The Morgan fingerprint density at radius 2 is 1.86 bits per heavy atom. The van der Waals surface area contributed by atoms with Crippen LogP contribution in [0.3, 0.4) is 0 Å². The fourth-order valence-electron chi connectivity index (χ4n) is 4.90. The molecule has 186 valence electrons. The Hall–Kier alpha value is -2.97. The smallest absolute Gasteiger partial charge is 0.246 e. The molecule has 2 heterocycles. The van der Waals surface area contributed by atoms with Gasteiger partial charge in [0, 0.05) is 23.5 Å². The van der Waals surface area contributed by atoms with Crippen molar-refractivity contribution < 1.29 is 13.2 Å². The molecule has 0 bridgehead atoms. The maximum Gasteiger partial charge on any atom is 0.246 e. The van der Waals surface area contributed by atoms with Gasteiger partial charge in [-0.25, -0.2) is 8.42 Å². The molecule has 1 aliphatic heterocycles. The van der Waals surface area contributed by atoms with Gasteiger partial charge < -0.3 is 5.32 Å². The molecule has 1 aliphatic rings. The lowest BCUT2D eigenvalue weighted by Crippen LogP contribution is -2.35. The average Bonchev–Trinajstić information content (AvgIpc) is 3.30. The van der Waals surface area contributed by atoms with Crippen molar-refractivity contribution in [3.05, 3.63) is 82.2 Å². The Morgan fingerprint density at radius 3 is 2.51 bits per heavy atom.